The molecule has 0 aliphatic rings. The third kappa shape index (κ3) is 3.70. The lowest BCUT2D eigenvalue weighted by Gasteiger charge is -2.12. The molecule has 0 saturated heterocycles. The third-order valence-corrected chi connectivity index (χ3v) is 2.17. The zero-order chi connectivity index (χ0) is 15.1. The first kappa shape index (κ1) is 15.5. The molecule has 0 fully saturated rings. The number of rotatable bonds is 6. The van der Waals surface area contributed by atoms with Crippen molar-refractivity contribution in [2.24, 2.45) is 0 Å². The van der Waals surface area contributed by atoms with Gasteiger partial charge >= 0.3 is 17.6 Å². The predicted octanol–water partition coefficient (Wildman–Crippen LogP) is 0.595. The van der Waals surface area contributed by atoms with Gasteiger partial charge in [-0.15, -0.1) is 0 Å². The van der Waals surface area contributed by atoms with E-state index in [1.54, 1.807) is 13.8 Å². The van der Waals surface area contributed by atoms with Crippen LogP contribution in [0.25, 0.3) is 0 Å². The Bertz CT molecular complexity index is 483. The fourth-order valence-corrected chi connectivity index (χ4v) is 1.33. The molecule has 9 nitrogen and oxygen atoms in total. The predicted molar refractivity (Wildman–Crippen MR) is 64.7 cm³/mol. The molecule has 1 aromatic heterocycles. The van der Waals surface area contributed by atoms with Gasteiger partial charge in [0.1, 0.15) is 12.4 Å². The summed E-state index contributed by atoms with van der Waals surface area (Å²) in [6.45, 7) is 3.30. The summed E-state index contributed by atoms with van der Waals surface area (Å²) in [4.78, 5) is 40.6. The third-order valence-electron chi connectivity index (χ3n) is 2.17. The first-order valence-corrected chi connectivity index (χ1v) is 5.80. The van der Waals surface area contributed by atoms with Crippen molar-refractivity contribution < 1.29 is 24.0 Å². The van der Waals surface area contributed by atoms with E-state index in [0.717, 1.165) is 12.4 Å². The van der Waals surface area contributed by atoms with Crippen LogP contribution in [0.3, 0.4) is 0 Å². The number of ether oxygens (including phenoxy) is 2. The van der Waals surface area contributed by atoms with E-state index in [1.165, 1.54) is 0 Å². The summed E-state index contributed by atoms with van der Waals surface area (Å²) in [6.07, 6.45) is 1.82. The molecule has 0 aromatic carbocycles. The van der Waals surface area contributed by atoms with Gasteiger partial charge in [0.2, 0.25) is 5.92 Å². The highest BCUT2D eigenvalue weighted by atomic mass is 16.6. The van der Waals surface area contributed by atoms with Crippen LogP contribution >= 0.6 is 0 Å². The van der Waals surface area contributed by atoms with Crippen molar-refractivity contribution in [3.05, 3.63) is 28.3 Å². The summed E-state index contributed by atoms with van der Waals surface area (Å²) < 4.78 is 9.50. The molecular formula is C11H13N3O6. The lowest BCUT2D eigenvalue weighted by atomic mass is 10.1. The van der Waals surface area contributed by atoms with Gasteiger partial charge in [-0.1, -0.05) is 0 Å². The van der Waals surface area contributed by atoms with Crippen LogP contribution in [-0.4, -0.2) is 40.0 Å². The number of carbonyl (C=O) groups is 2. The minimum atomic E-state index is -1.45. The molecular weight excluding hydrogens is 270 g/mol. The summed E-state index contributed by atoms with van der Waals surface area (Å²) in [7, 11) is 0. The second-order valence-corrected chi connectivity index (χ2v) is 3.49. The maximum Gasteiger partial charge on any atom is 0.328 e. The molecule has 1 aromatic rings. The molecule has 1 rings (SSSR count). The van der Waals surface area contributed by atoms with Gasteiger partial charge in [0, 0.05) is 0 Å². The van der Waals surface area contributed by atoms with Crippen LogP contribution in [0, 0.1) is 10.1 Å². The normalized spacial score (nSPS) is 10.2. The monoisotopic (exact) mass is 283 g/mol. The van der Waals surface area contributed by atoms with Gasteiger partial charge in [-0.2, -0.15) is 0 Å². The van der Waals surface area contributed by atoms with Crippen molar-refractivity contribution in [3.63, 3.8) is 0 Å². The Balaban J connectivity index is 3.06. The van der Waals surface area contributed by atoms with Gasteiger partial charge in [0.05, 0.1) is 18.1 Å². The molecule has 0 aliphatic heterocycles. The number of nitrogens with zero attached hydrogens (tertiary/aromatic N) is 3. The summed E-state index contributed by atoms with van der Waals surface area (Å²) in [6, 6.07) is 0. The molecule has 0 bridgehead atoms. The fourth-order valence-electron chi connectivity index (χ4n) is 1.33. The number of carbonyl (C=O) groups excluding carboxylic acids is 2. The second-order valence-electron chi connectivity index (χ2n) is 3.49. The maximum atomic E-state index is 11.7. The molecule has 0 saturated carbocycles. The molecule has 0 unspecified atom stereocenters. The van der Waals surface area contributed by atoms with Crippen molar-refractivity contribution in [1.29, 1.82) is 0 Å². The zero-order valence-corrected chi connectivity index (χ0v) is 10.9. The molecule has 1 heterocycles. The Kier molecular flexibility index (Phi) is 5.51. The van der Waals surface area contributed by atoms with Crippen LogP contribution in [0.5, 0.6) is 0 Å². The van der Waals surface area contributed by atoms with Crippen molar-refractivity contribution in [2.75, 3.05) is 13.2 Å². The summed E-state index contributed by atoms with van der Waals surface area (Å²) >= 11 is 0. The highest BCUT2D eigenvalue weighted by molar-refractivity contribution is 6.00. The van der Waals surface area contributed by atoms with Gasteiger partial charge in [0.15, 0.2) is 5.82 Å². The van der Waals surface area contributed by atoms with E-state index in [1.807, 2.05) is 0 Å². The quantitative estimate of drug-likeness (QED) is 0.322. The molecule has 0 amide bonds. The Morgan fingerprint density at radius 2 is 1.65 bits per heavy atom. The average molecular weight is 283 g/mol. The lowest BCUT2D eigenvalue weighted by molar-refractivity contribution is -0.385. The maximum absolute atomic E-state index is 11.7. The summed E-state index contributed by atoms with van der Waals surface area (Å²) in [5, 5.41) is 10.5. The number of aromatic nitrogens is 2. The van der Waals surface area contributed by atoms with Gasteiger partial charge in [0.25, 0.3) is 0 Å². The Labute approximate surface area is 114 Å². The van der Waals surface area contributed by atoms with Crippen LogP contribution < -0.4 is 0 Å². The van der Waals surface area contributed by atoms with E-state index in [4.69, 9.17) is 9.47 Å². The van der Waals surface area contributed by atoms with Gasteiger partial charge < -0.3 is 9.47 Å². The van der Waals surface area contributed by atoms with Crippen LogP contribution in [0.1, 0.15) is 25.6 Å². The van der Waals surface area contributed by atoms with E-state index in [9.17, 15) is 19.7 Å². The van der Waals surface area contributed by atoms with E-state index >= 15 is 0 Å². The minimum absolute atomic E-state index is 0.0712. The van der Waals surface area contributed by atoms with Crippen LogP contribution in [-0.2, 0) is 19.1 Å². The summed E-state index contributed by atoms with van der Waals surface area (Å²) in [5.41, 5.74) is -0.347. The SMILES string of the molecule is CCOC(=O)C(C(=O)OCC)c1ncc([N+](=O)[O-])cn1. The molecule has 0 radical (unpaired) electrons. The molecule has 0 N–H and O–H groups in total. The van der Waals surface area contributed by atoms with Crippen molar-refractivity contribution in [1.82, 2.24) is 9.97 Å². The van der Waals surface area contributed by atoms with Crippen LogP contribution in [0.15, 0.2) is 12.4 Å². The van der Waals surface area contributed by atoms with Crippen molar-refractivity contribution in [3.8, 4) is 0 Å². The molecule has 0 spiro atoms. The molecule has 0 atom stereocenters. The lowest BCUT2D eigenvalue weighted by Crippen LogP contribution is -2.27. The number of hydrogen-bond acceptors (Lipinski definition) is 8. The van der Waals surface area contributed by atoms with Crippen LogP contribution in [0.4, 0.5) is 5.69 Å². The molecule has 108 valence electrons. The topological polar surface area (TPSA) is 122 Å². The van der Waals surface area contributed by atoms with Gasteiger partial charge in [-0.3, -0.25) is 19.7 Å². The average Bonchev–Trinajstić information content (AvgIpc) is 2.40. The second kappa shape index (κ2) is 7.12. The Morgan fingerprint density at radius 1 is 1.20 bits per heavy atom. The zero-order valence-electron chi connectivity index (χ0n) is 10.9. The first-order chi connectivity index (χ1) is 9.51. The van der Waals surface area contributed by atoms with E-state index < -0.39 is 22.8 Å². The van der Waals surface area contributed by atoms with Gasteiger partial charge in [-0.05, 0) is 13.8 Å². The highest BCUT2D eigenvalue weighted by Crippen LogP contribution is 2.17. The van der Waals surface area contributed by atoms with E-state index in [2.05, 4.69) is 9.97 Å². The Morgan fingerprint density at radius 3 is 2.00 bits per heavy atom. The van der Waals surface area contributed by atoms with E-state index in [-0.39, 0.29) is 24.7 Å². The Hall–Kier alpha value is -2.58. The number of esters is 2. The van der Waals surface area contributed by atoms with Crippen LogP contribution in [0.2, 0.25) is 0 Å². The fraction of sp³-hybridized carbons (Fsp3) is 0.455. The largest absolute Gasteiger partial charge is 0.465 e. The van der Waals surface area contributed by atoms with Crippen molar-refractivity contribution >= 4 is 17.6 Å². The van der Waals surface area contributed by atoms with E-state index in [0.29, 0.717) is 0 Å². The smallest absolute Gasteiger partial charge is 0.328 e. The number of nitro groups is 1. The van der Waals surface area contributed by atoms with Crippen molar-refractivity contribution in [2.45, 2.75) is 19.8 Å². The molecule has 0 aliphatic carbocycles. The minimum Gasteiger partial charge on any atom is -0.465 e. The molecule has 9 heteroatoms. The summed E-state index contributed by atoms with van der Waals surface area (Å²) in [5.74, 6) is -3.37. The number of hydrogen-bond donors (Lipinski definition) is 0. The highest BCUT2D eigenvalue weighted by Gasteiger charge is 2.34. The van der Waals surface area contributed by atoms with Gasteiger partial charge in [-0.25, -0.2) is 9.97 Å². The molecule has 20 heavy (non-hydrogen) atoms. The first-order valence-electron chi connectivity index (χ1n) is 5.80. The standard InChI is InChI=1S/C11H13N3O6/c1-3-19-10(15)8(11(16)20-4-2)9-12-5-7(6-13-9)14(17)18/h5-6,8H,3-4H2,1-2H3.